The molecule has 0 aromatic heterocycles. The van der Waals surface area contributed by atoms with E-state index < -0.39 is 6.10 Å². The van der Waals surface area contributed by atoms with E-state index in [1.807, 2.05) is 13.0 Å². The molecular formula is C19H20FNO4. The summed E-state index contributed by atoms with van der Waals surface area (Å²) in [6, 6.07) is 11.6. The van der Waals surface area contributed by atoms with E-state index in [2.05, 4.69) is 5.32 Å². The van der Waals surface area contributed by atoms with Gasteiger partial charge in [-0.05, 0) is 48.4 Å². The van der Waals surface area contributed by atoms with E-state index in [1.54, 1.807) is 24.3 Å². The second kappa shape index (κ2) is 8.09. The number of ether oxygens (including phenoxy) is 3. The Balaban J connectivity index is 1.59. The molecule has 0 spiro atoms. The van der Waals surface area contributed by atoms with Crippen LogP contribution in [0.15, 0.2) is 42.5 Å². The fourth-order valence-electron chi connectivity index (χ4n) is 2.51. The third-order valence-corrected chi connectivity index (χ3v) is 3.86. The van der Waals surface area contributed by atoms with Crippen molar-refractivity contribution in [2.75, 3.05) is 25.1 Å². The highest BCUT2D eigenvalue weighted by molar-refractivity contribution is 5.95. The first-order chi connectivity index (χ1) is 12.1. The Morgan fingerprint density at radius 3 is 2.88 bits per heavy atom. The summed E-state index contributed by atoms with van der Waals surface area (Å²) in [5, 5.41) is 2.84. The molecule has 1 fully saturated rings. The van der Waals surface area contributed by atoms with Crippen molar-refractivity contribution in [1.82, 2.24) is 0 Å². The molecule has 6 heteroatoms. The maximum atomic E-state index is 13.2. The predicted octanol–water partition coefficient (Wildman–Crippen LogP) is 3.07. The van der Waals surface area contributed by atoms with E-state index in [1.165, 1.54) is 12.1 Å². The number of carbonyl (C=O) groups is 1. The number of nitrogens with one attached hydrogen (secondary N) is 1. The number of carbonyl (C=O) groups excluding carboxylic acids is 1. The third-order valence-electron chi connectivity index (χ3n) is 3.86. The second-order valence-corrected chi connectivity index (χ2v) is 5.82. The van der Waals surface area contributed by atoms with Gasteiger partial charge in [-0.25, -0.2) is 4.39 Å². The summed E-state index contributed by atoms with van der Waals surface area (Å²) in [7, 11) is 0. The van der Waals surface area contributed by atoms with Crippen molar-refractivity contribution in [3.63, 3.8) is 0 Å². The van der Waals surface area contributed by atoms with Crippen LogP contribution in [0.2, 0.25) is 0 Å². The molecule has 132 valence electrons. The molecule has 0 aliphatic carbocycles. The molecular weight excluding hydrogens is 325 g/mol. The zero-order valence-corrected chi connectivity index (χ0v) is 14.0. The van der Waals surface area contributed by atoms with Crippen LogP contribution in [0, 0.1) is 12.7 Å². The van der Waals surface area contributed by atoms with Crippen LogP contribution in [-0.4, -0.2) is 31.8 Å². The fraction of sp³-hybridized carbons (Fsp3) is 0.316. The molecule has 5 nitrogen and oxygen atoms in total. The minimum atomic E-state index is -0.586. The number of halogens is 1. The zero-order chi connectivity index (χ0) is 17.6. The van der Waals surface area contributed by atoms with E-state index >= 15 is 0 Å². The maximum absolute atomic E-state index is 13.2. The lowest BCUT2D eigenvalue weighted by atomic mass is 10.1. The SMILES string of the molecule is Cc1cc(OCc2cccc(F)c2)ccc1NC(=O)[C@H]1COCCO1. The lowest BCUT2D eigenvalue weighted by Gasteiger charge is -2.22. The normalized spacial score (nSPS) is 17.1. The third kappa shape index (κ3) is 4.78. The first-order valence-corrected chi connectivity index (χ1v) is 8.10. The summed E-state index contributed by atoms with van der Waals surface area (Å²) in [5.74, 6) is 0.137. The molecule has 0 unspecified atom stereocenters. The highest BCUT2D eigenvalue weighted by Gasteiger charge is 2.23. The van der Waals surface area contributed by atoms with Crippen molar-refractivity contribution in [3.8, 4) is 5.75 Å². The molecule has 1 amide bonds. The van der Waals surface area contributed by atoms with Crippen molar-refractivity contribution in [2.24, 2.45) is 0 Å². The smallest absolute Gasteiger partial charge is 0.255 e. The van der Waals surface area contributed by atoms with Gasteiger partial charge in [-0.15, -0.1) is 0 Å². The largest absolute Gasteiger partial charge is 0.489 e. The summed E-state index contributed by atoms with van der Waals surface area (Å²) in [6.45, 7) is 3.35. The minimum absolute atomic E-state index is 0.226. The monoisotopic (exact) mass is 345 g/mol. The van der Waals surface area contributed by atoms with Crippen LogP contribution in [0.1, 0.15) is 11.1 Å². The van der Waals surface area contributed by atoms with E-state index in [-0.39, 0.29) is 24.9 Å². The quantitative estimate of drug-likeness (QED) is 0.905. The van der Waals surface area contributed by atoms with E-state index in [0.29, 0.717) is 24.7 Å². The number of hydrogen-bond donors (Lipinski definition) is 1. The molecule has 0 radical (unpaired) electrons. The summed E-state index contributed by atoms with van der Waals surface area (Å²) in [5.41, 5.74) is 2.31. The van der Waals surface area contributed by atoms with E-state index in [9.17, 15) is 9.18 Å². The standard InChI is InChI=1S/C19H20FNO4/c1-13-9-16(25-11-14-3-2-4-15(20)10-14)5-6-17(13)21-19(22)18-12-23-7-8-24-18/h2-6,9-10,18H,7-8,11-12H2,1H3,(H,21,22)/t18-/m1/s1. The molecule has 1 N–H and O–H groups in total. The molecule has 2 aromatic rings. The number of aryl methyl sites for hydroxylation is 1. The van der Waals surface area contributed by atoms with Gasteiger partial charge in [0, 0.05) is 5.69 Å². The molecule has 3 rings (SSSR count). The molecule has 1 aliphatic rings. The van der Waals surface area contributed by atoms with Gasteiger partial charge in [0.05, 0.1) is 19.8 Å². The molecule has 1 saturated heterocycles. The van der Waals surface area contributed by atoms with Crippen LogP contribution in [0.5, 0.6) is 5.75 Å². The maximum Gasteiger partial charge on any atom is 0.255 e. The van der Waals surface area contributed by atoms with Crippen LogP contribution < -0.4 is 10.1 Å². The van der Waals surface area contributed by atoms with Crippen molar-refractivity contribution < 1.29 is 23.4 Å². The number of anilines is 1. The van der Waals surface area contributed by atoms with E-state index in [4.69, 9.17) is 14.2 Å². The van der Waals surface area contributed by atoms with Crippen molar-refractivity contribution in [1.29, 1.82) is 0 Å². The first kappa shape index (κ1) is 17.4. The molecule has 25 heavy (non-hydrogen) atoms. The molecule has 1 atom stereocenters. The fourth-order valence-corrected chi connectivity index (χ4v) is 2.51. The molecule has 1 aliphatic heterocycles. The Hall–Kier alpha value is -2.44. The molecule has 1 heterocycles. The van der Waals surface area contributed by atoms with Crippen LogP contribution in [0.4, 0.5) is 10.1 Å². The van der Waals surface area contributed by atoms with Gasteiger partial charge in [0.15, 0.2) is 6.10 Å². The summed E-state index contributed by atoms with van der Waals surface area (Å²) < 4.78 is 29.5. The van der Waals surface area contributed by atoms with Gasteiger partial charge in [-0.3, -0.25) is 4.79 Å². The van der Waals surface area contributed by atoms with Gasteiger partial charge in [-0.2, -0.15) is 0 Å². The predicted molar refractivity (Wildman–Crippen MR) is 91.1 cm³/mol. The van der Waals surface area contributed by atoms with Crippen molar-refractivity contribution in [3.05, 3.63) is 59.4 Å². The van der Waals surface area contributed by atoms with Crippen molar-refractivity contribution in [2.45, 2.75) is 19.6 Å². The van der Waals surface area contributed by atoms with Gasteiger partial charge in [-0.1, -0.05) is 12.1 Å². The van der Waals surface area contributed by atoms with Crippen LogP contribution >= 0.6 is 0 Å². The van der Waals surface area contributed by atoms with Crippen molar-refractivity contribution >= 4 is 11.6 Å². The zero-order valence-electron chi connectivity index (χ0n) is 14.0. The van der Waals surface area contributed by atoms with Gasteiger partial charge in [0.1, 0.15) is 18.2 Å². The average Bonchev–Trinajstić information content (AvgIpc) is 2.63. The summed E-state index contributed by atoms with van der Waals surface area (Å²) >= 11 is 0. The van der Waals surface area contributed by atoms with Gasteiger partial charge >= 0.3 is 0 Å². The second-order valence-electron chi connectivity index (χ2n) is 5.82. The van der Waals surface area contributed by atoms with Gasteiger partial charge in [0.25, 0.3) is 5.91 Å². The Morgan fingerprint density at radius 1 is 1.28 bits per heavy atom. The first-order valence-electron chi connectivity index (χ1n) is 8.10. The number of amides is 1. The van der Waals surface area contributed by atoms with E-state index in [0.717, 1.165) is 11.1 Å². The van der Waals surface area contributed by atoms with Gasteiger partial charge < -0.3 is 19.5 Å². The summed E-state index contributed by atoms with van der Waals surface area (Å²) in [4.78, 5) is 12.2. The molecule has 2 aromatic carbocycles. The highest BCUT2D eigenvalue weighted by Crippen LogP contribution is 2.23. The topological polar surface area (TPSA) is 56.8 Å². The Labute approximate surface area is 145 Å². The number of hydrogen-bond acceptors (Lipinski definition) is 4. The Morgan fingerprint density at radius 2 is 2.16 bits per heavy atom. The summed E-state index contributed by atoms with van der Waals surface area (Å²) in [6.07, 6.45) is -0.586. The molecule has 0 saturated carbocycles. The van der Waals surface area contributed by atoms with Crippen LogP contribution in [-0.2, 0) is 20.9 Å². The number of benzene rings is 2. The highest BCUT2D eigenvalue weighted by atomic mass is 19.1. The molecule has 0 bridgehead atoms. The van der Waals surface area contributed by atoms with Crippen LogP contribution in [0.3, 0.4) is 0 Å². The lowest BCUT2D eigenvalue weighted by molar-refractivity contribution is -0.142. The average molecular weight is 345 g/mol. The van der Waals surface area contributed by atoms with Crippen LogP contribution in [0.25, 0.3) is 0 Å². The number of rotatable bonds is 5. The minimum Gasteiger partial charge on any atom is -0.489 e. The lowest BCUT2D eigenvalue weighted by Crippen LogP contribution is -2.39. The Bertz CT molecular complexity index is 744. The Kier molecular flexibility index (Phi) is 5.63. The van der Waals surface area contributed by atoms with Gasteiger partial charge in [0.2, 0.25) is 0 Å².